The van der Waals surface area contributed by atoms with Crippen LogP contribution < -0.4 is 5.32 Å². The normalized spacial score (nSPS) is 12.2. The Labute approximate surface area is 173 Å². The van der Waals surface area contributed by atoms with Crippen LogP contribution in [0.15, 0.2) is 80.8 Å². The molecule has 0 fully saturated rings. The van der Waals surface area contributed by atoms with Gasteiger partial charge in [0.1, 0.15) is 11.3 Å². The van der Waals surface area contributed by atoms with Crippen molar-refractivity contribution in [3.05, 3.63) is 83.8 Å². The zero-order valence-corrected chi connectivity index (χ0v) is 16.9. The van der Waals surface area contributed by atoms with Crippen molar-refractivity contribution in [1.82, 2.24) is 10.3 Å². The second-order valence-electron chi connectivity index (χ2n) is 6.90. The number of hydrogen-bond acceptors (Lipinski definition) is 5. The average molecular weight is 407 g/mol. The maximum Gasteiger partial charge on any atom is 0.287 e. The summed E-state index contributed by atoms with van der Waals surface area (Å²) in [6.07, 6.45) is 1.80. The van der Waals surface area contributed by atoms with Crippen molar-refractivity contribution in [2.75, 3.05) is 0 Å². The van der Waals surface area contributed by atoms with Gasteiger partial charge in [0.05, 0.1) is 5.75 Å². The minimum absolute atomic E-state index is 0.0605. The van der Waals surface area contributed by atoms with Gasteiger partial charge < -0.3 is 14.2 Å². The first-order chi connectivity index (χ1) is 14.2. The number of nitrogens with zero attached hydrogens (tertiary/aromatic N) is 1. The Balaban J connectivity index is 1.28. The van der Waals surface area contributed by atoms with Gasteiger partial charge in [-0.2, -0.15) is 0 Å². The first-order valence-corrected chi connectivity index (χ1v) is 10.6. The van der Waals surface area contributed by atoms with Gasteiger partial charge in [0.2, 0.25) is 0 Å². The number of carbonyl (C=O) groups excluding carboxylic acids is 1. The molecular weight excluding hydrogens is 384 g/mol. The smallest absolute Gasteiger partial charge is 0.287 e. The summed E-state index contributed by atoms with van der Waals surface area (Å²) in [4.78, 5) is 16.9. The number of para-hydroxylation sites is 2. The number of furan rings is 1. The van der Waals surface area contributed by atoms with Crippen molar-refractivity contribution >= 4 is 28.8 Å². The van der Waals surface area contributed by atoms with Gasteiger partial charge in [-0.05, 0) is 49.6 Å². The Kier molecular flexibility index (Phi) is 6.00. The van der Waals surface area contributed by atoms with E-state index in [-0.39, 0.29) is 11.9 Å². The van der Waals surface area contributed by atoms with Crippen LogP contribution in [0.2, 0.25) is 0 Å². The van der Waals surface area contributed by atoms with Crippen molar-refractivity contribution in [2.45, 2.75) is 36.8 Å². The van der Waals surface area contributed by atoms with E-state index in [9.17, 15) is 4.79 Å². The zero-order valence-electron chi connectivity index (χ0n) is 16.1. The minimum atomic E-state index is -0.191. The number of fused-ring (bicyclic) bond motifs is 1. The molecule has 4 rings (SSSR count). The van der Waals surface area contributed by atoms with E-state index >= 15 is 0 Å². The molecule has 0 unspecified atom stereocenters. The fraction of sp³-hybridized carbons (Fsp3) is 0.217. The molecule has 0 radical (unpaired) electrons. The molecule has 0 saturated heterocycles. The third kappa shape index (κ3) is 5.09. The molecule has 148 valence electrons. The number of oxazole rings is 1. The average Bonchev–Trinajstić information content (AvgIpc) is 3.38. The Morgan fingerprint density at radius 3 is 2.66 bits per heavy atom. The standard InChI is InChI=1S/C23H22N2O3S/c1-16(11-12-17-7-3-2-4-8-17)24-22(26)21-14-13-18(27-21)15-29-23-25-19-9-5-6-10-20(19)28-23/h2-10,13-14,16H,11-12,15H2,1H3,(H,24,26)/t16-/m1/s1. The summed E-state index contributed by atoms with van der Waals surface area (Å²) in [6.45, 7) is 2.01. The van der Waals surface area contributed by atoms with Crippen LogP contribution in [-0.4, -0.2) is 16.9 Å². The summed E-state index contributed by atoms with van der Waals surface area (Å²) in [7, 11) is 0. The lowest BCUT2D eigenvalue weighted by atomic mass is 10.1. The molecule has 0 aliphatic rings. The van der Waals surface area contributed by atoms with E-state index in [2.05, 4.69) is 22.4 Å². The summed E-state index contributed by atoms with van der Waals surface area (Å²) in [5.74, 6) is 1.39. The molecule has 0 saturated carbocycles. The molecule has 1 atom stereocenters. The third-order valence-electron chi connectivity index (χ3n) is 4.58. The molecule has 6 heteroatoms. The molecule has 1 amide bonds. The molecule has 4 aromatic rings. The number of nitrogens with one attached hydrogen (secondary N) is 1. The van der Waals surface area contributed by atoms with Gasteiger partial charge in [-0.3, -0.25) is 4.79 Å². The second kappa shape index (κ2) is 9.01. The number of benzene rings is 2. The van der Waals surface area contributed by atoms with Crippen molar-refractivity contribution in [3.8, 4) is 0 Å². The predicted molar refractivity (Wildman–Crippen MR) is 114 cm³/mol. The predicted octanol–water partition coefficient (Wildman–Crippen LogP) is 5.46. The Morgan fingerprint density at radius 1 is 1.03 bits per heavy atom. The van der Waals surface area contributed by atoms with E-state index in [0.29, 0.717) is 22.5 Å². The molecule has 29 heavy (non-hydrogen) atoms. The van der Waals surface area contributed by atoms with Crippen LogP contribution in [0.3, 0.4) is 0 Å². The highest BCUT2D eigenvalue weighted by molar-refractivity contribution is 7.98. The van der Waals surface area contributed by atoms with Crippen LogP contribution >= 0.6 is 11.8 Å². The van der Waals surface area contributed by atoms with Crippen LogP contribution in [-0.2, 0) is 12.2 Å². The molecule has 0 aliphatic heterocycles. The second-order valence-corrected chi connectivity index (χ2v) is 7.83. The quantitative estimate of drug-likeness (QED) is 0.393. The van der Waals surface area contributed by atoms with Crippen LogP contribution in [0.5, 0.6) is 0 Å². The molecule has 5 nitrogen and oxygen atoms in total. The SMILES string of the molecule is C[C@H](CCc1ccccc1)NC(=O)c1ccc(CSc2nc3ccccc3o2)o1. The van der Waals surface area contributed by atoms with Crippen molar-refractivity contribution < 1.29 is 13.6 Å². The Hall–Kier alpha value is -2.99. The summed E-state index contributed by atoms with van der Waals surface area (Å²) in [6, 6.07) is 21.5. The van der Waals surface area contributed by atoms with Gasteiger partial charge in [0, 0.05) is 6.04 Å². The highest BCUT2D eigenvalue weighted by Crippen LogP contribution is 2.26. The van der Waals surface area contributed by atoms with Gasteiger partial charge in [-0.25, -0.2) is 4.98 Å². The van der Waals surface area contributed by atoms with E-state index in [1.807, 2.05) is 55.5 Å². The lowest BCUT2D eigenvalue weighted by molar-refractivity contribution is 0.0909. The summed E-state index contributed by atoms with van der Waals surface area (Å²) >= 11 is 1.44. The third-order valence-corrected chi connectivity index (χ3v) is 5.43. The highest BCUT2D eigenvalue weighted by atomic mass is 32.2. The molecule has 1 N–H and O–H groups in total. The topological polar surface area (TPSA) is 68.3 Å². The first-order valence-electron chi connectivity index (χ1n) is 9.59. The van der Waals surface area contributed by atoms with Gasteiger partial charge in [-0.15, -0.1) is 0 Å². The molecule has 2 aromatic heterocycles. The van der Waals surface area contributed by atoms with Crippen LogP contribution in [0.1, 0.15) is 35.2 Å². The number of hydrogen-bond donors (Lipinski definition) is 1. The molecule has 2 aromatic carbocycles. The summed E-state index contributed by atoms with van der Waals surface area (Å²) in [5.41, 5.74) is 2.86. The van der Waals surface area contributed by atoms with E-state index in [0.717, 1.165) is 23.9 Å². The minimum Gasteiger partial charge on any atom is -0.455 e. The van der Waals surface area contributed by atoms with Gasteiger partial charge >= 0.3 is 0 Å². The van der Waals surface area contributed by atoms with E-state index in [1.165, 1.54) is 17.3 Å². The molecule has 2 heterocycles. The number of aromatic nitrogens is 1. The van der Waals surface area contributed by atoms with Crippen molar-refractivity contribution in [2.24, 2.45) is 0 Å². The fourth-order valence-corrected chi connectivity index (χ4v) is 3.75. The number of carbonyl (C=O) groups is 1. The number of rotatable bonds is 8. The number of aryl methyl sites for hydroxylation is 1. The van der Waals surface area contributed by atoms with E-state index < -0.39 is 0 Å². The fourth-order valence-electron chi connectivity index (χ4n) is 3.02. The monoisotopic (exact) mass is 406 g/mol. The zero-order chi connectivity index (χ0) is 20.1. The summed E-state index contributed by atoms with van der Waals surface area (Å²) in [5, 5.41) is 3.59. The molecular formula is C23H22N2O3S. The maximum atomic E-state index is 12.4. The number of thioether (sulfide) groups is 1. The molecule has 0 spiro atoms. The Morgan fingerprint density at radius 2 is 1.83 bits per heavy atom. The Bertz CT molecular complexity index is 1050. The van der Waals surface area contributed by atoms with E-state index in [1.54, 1.807) is 6.07 Å². The van der Waals surface area contributed by atoms with Crippen LogP contribution in [0, 0.1) is 0 Å². The van der Waals surface area contributed by atoms with Crippen LogP contribution in [0.25, 0.3) is 11.1 Å². The number of amides is 1. The largest absolute Gasteiger partial charge is 0.455 e. The lowest BCUT2D eigenvalue weighted by Crippen LogP contribution is -2.32. The first kappa shape index (κ1) is 19.3. The van der Waals surface area contributed by atoms with Gasteiger partial charge in [0.25, 0.3) is 11.1 Å². The van der Waals surface area contributed by atoms with Gasteiger partial charge in [0.15, 0.2) is 11.3 Å². The maximum absolute atomic E-state index is 12.4. The van der Waals surface area contributed by atoms with Crippen molar-refractivity contribution in [3.63, 3.8) is 0 Å². The summed E-state index contributed by atoms with van der Waals surface area (Å²) < 4.78 is 11.4. The molecule has 0 aliphatic carbocycles. The van der Waals surface area contributed by atoms with Gasteiger partial charge in [-0.1, -0.05) is 54.2 Å². The van der Waals surface area contributed by atoms with Crippen LogP contribution in [0.4, 0.5) is 0 Å². The molecule has 0 bridgehead atoms. The van der Waals surface area contributed by atoms with E-state index in [4.69, 9.17) is 8.83 Å². The van der Waals surface area contributed by atoms with Crippen molar-refractivity contribution in [1.29, 1.82) is 0 Å². The highest BCUT2D eigenvalue weighted by Gasteiger charge is 2.15. The lowest BCUT2D eigenvalue weighted by Gasteiger charge is -2.12.